The van der Waals surface area contributed by atoms with Gasteiger partial charge in [0.2, 0.25) is 5.95 Å². The van der Waals surface area contributed by atoms with Gasteiger partial charge in [-0.25, -0.2) is 4.98 Å². The minimum atomic E-state index is -4.55. The molecule has 1 unspecified atom stereocenters. The van der Waals surface area contributed by atoms with Crippen molar-refractivity contribution < 1.29 is 18.0 Å². The third-order valence-electron chi connectivity index (χ3n) is 6.22. The van der Waals surface area contributed by atoms with Gasteiger partial charge in [-0.3, -0.25) is 14.8 Å². The first-order chi connectivity index (χ1) is 15.7. The molecule has 0 aliphatic heterocycles. The number of anilines is 1. The van der Waals surface area contributed by atoms with Gasteiger partial charge in [0.15, 0.2) is 5.69 Å². The molecule has 1 saturated carbocycles. The van der Waals surface area contributed by atoms with Crippen LogP contribution in [-0.4, -0.2) is 49.8 Å². The molecule has 1 amide bonds. The molecule has 10 heteroatoms. The number of likely N-dealkylation sites (N-methyl/N-ethyl adjacent to an activating group) is 1. The molecule has 0 radical (unpaired) electrons. The number of benzene rings is 1. The van der Waals surface area contributed by atoms with E-state index in [0.717, 1.165) is 49.6 Å². The highest BCUT2D eigenvalue weighted by atomic mass is 19.4. The normalized spacial score (nSPS) is 15.4. The van der Waals surface area contributed by atoms with Crippen molar-refractivity contribution in [3.8, 4) is 0 Å². The molecule has 33 heavy (non-hydrogen) atoms. The van der Waals surface area contributed by atoms with Gasteiger partial charge in [-0.05, 0) is 51.1 Å². The minimum absolute atomic E-state index is 0.0162. The number of para-hydroxylation sites is 2. The zero-order valence-corrected chi connectivity index (χ0v) is 19.1. The smallest absolute Gasteiger partial charge is 0.309 e. The molecule has 178 valence electrons. The molecule has 4 rings (SSSR count). The van der Waals surface area contributed by atoms with Crippen molar-refractivity contribution >= 4 is 22.9 Å². The molecule has 2 aromatic heterocycles. The second kappa shape index (κ2) is 9.17. The monoisotopic (exact) mass is 462 g/mol. The predicted octanol–water partition coefficient (Wildman–Crippen LogP) is 4.67. The second-order valence-electron chi connectivity index (χ2n) is 8.44. The Kier molecular flexibility index (Phi) is 6.47. The fraction of sp³-hybridized carbons (Fsp3) is 0.522. The highest BCUT2D eigenvalue weighted by Gasteiger charge is 2.39. The Morgan fingerprint density at radius 2 is 1.94 bits per heavy atom. The standard InChI is InChI=1S/C23H29F3N6O/c1-4-30(5-2)12-13-31-18-9-7-6-8-17(18)27-22(31)28-21(33)15(3)32-19(16-10-11-16)14-20(29-32)23(24,25)26/h6-9,14-16H,4-5,10-13H2,1-3H3,(H,27,28,33). The summed E-state index contributed by atoms with van der Waals surface area (Å²) in [6.45, 7) is 8.98. The molecule has 1 atom stereocenters. The third kappa shape index (κ3) is 4.90. The van der Waals surface area contributed by atoms with E-state index in [0.29, 0.717) is 18.2 Å². The molecule has 1 aliphatic carbocycles. The average molecular weight is 463 g/mol. The number of fused-ring (bicyclic) bond motifs is 1. The first-order valence-corrected chi connectivity index (χ1v) is 11.4. The van der Waals surface area contributed by atoms with Gasteiger partial charge in [0.05, 0.1) is 11.0 Å². The van der Waals surface area contributed by atoms with E-state index in [1.807, 2.05) is 28.8 Å². The van der Waals surface area contributed by atoms with Crippen LogP contribution >= 0.6 is 0 Å². The van der Waals surface area contributed by atoms with Gasteiger partial charge in [-0.1, -0.05) is 26.0 Å². The number of imidazole rings is 1. The summed E-state index contributed by atoms with van der Waals surface area (Å²) in [6, 6.07) is 7.77. The summed E-state index contributed by atoms with van der Waals surface area (Å²) in [5, 5.41) is 6.59. The van der Waals surface area contributed by atoms with Crippen molar-refractivity contribution in [3.63, 3.8) is 0 Å². The van der Waals surface area contributed by atoms with Crippen molar-refractivity contribution in [2.75, 3.05) is 25.0 Å². The van der Waals surface area contributed by atoms with Gasteiger partial charge in [0, 0.05) is 24.7 Å². The molecule has 7 nitrogen and oxygen atoms in total. The van der Waals surface area contributed by atoms with Crippen molar-refractivity contribution in [2.24, 2.45) is 0 Å². The Balaban J connectivity index is 1.60. The molecule has 0 spiro atoms. The lowest BCUT2D eigenvalue weighted by molar-refractivity contribution is -0.141. The number of carbonyl (C=O) groups excluding carboxylic acids is 1. The zero-order chi connectivity index (χ0) is 23.8. The quantitative estimate of drug-likeness (QED) is 0.502. The van der Waals surface area contributed by atoms with Crippen molar-refractivity contribution in [1.29, 1.82) is 0 Å². The first-order valence-electron chi connectivity index (χ1n) is 11.4. The van der Waals surface area contributed by atoms with Crippen LogP contribution < -0.4 is 5.32 Å². The van der Waals surface area contributed by atoms with E-state index >= 15 is 0 Å². The molecule has 1 aliphatic rings. The summed E-state index contributed by atoms with van der Waals surface area (Å²) in [6.07, 6.45) is -2.94. The number of amides is 1. The van der Waals surface area contributed by atoms with Crippen LogP contribution in [0.5, 0.6) is 0 Å². The Hall–Kier alpha value is -2.88. The second-order valence-corrected chi connectivity index (χ2v) is 8.44. The molecule has 0 saturated heterocycles. The highest BCUT2D eigenvalue weighted by molar-refractivity contribution is 5.94. The van der Waals surface area contributed by atoms with E-state index in [-0.39, 0.29) is 5.92 Å². The number of nitrogens with zero attached hydrogens (tertiary/aromatic N) is 5. The van der Waals surface area contributed by atoms with E-state index < -0.39 is 23.8 Å². The third-order valence-corrected chi connectivity index (χ3v) is 6.22. The number of alkyl halides is 3. The number of hydrogen-bond acceptors (Lipinski definition) is 4. The van der Waals surface area contributed by atoms with Crippen LogP contribution in [0, 0.1) is 0 Å². The van der Waals surface area contributed by atoms with Crippen molar-refractivity contribution in [3.05, 3.63) is 41.7 Å². The van der Waals surface area contributed by atoms with Gasteiger partial charge in [0.25, 0.3) is 5.91 Å². The molecule has 1 N–H and O–H groups in total. The number of hydrogen-bond donors (Lipinski definition) is 1. The Bertz CT molecular complexity index is 1130. The Morgan fingerprint density at radius 1 is 1.24 bits per heavy atom. The number of carbonyl (C=O) groups is 1. The summed E-state index contributed by atoms with van der Waals surface area (Å²) in [5.41, 5.74) is 1.14. The highest BCUT2D eigenvalue weighted by Crippen LogP contribution is 2.43. The summed E-state index contributed by atoms with van der Waals surface area (Å²) >= 11 is 0. The predicted molar refractivity (Wildman–Crippen MR) is 120 cm³/mol. The van der Waals surface area contributed by atoms with Crippen LogP contribution in [0.4, 0.5) is 19.1 Å². The molecular formula is C23H29F3N6O. The van der Waals surface area contributed by atoms with Crippen LogP contribution in [0.25, 0.3) is 11.0 Å². The molecular weight excluding hydrogens is 433 g/mol. The lowest BCUT2D eigenvalue weighted by atomic mass is 10.2. The maximum Gasteiger partial charge on any atom is 0.435 e. The van der Waals surface area contributed by atoms with E-state index in [1.165, 1.54) is 4.68 Å². The van der Waals surface area contributed by atoms with Gasteiger partial charge in [-0.15, -0.1) is 0 Å². The van der Waals surface area contributed by atoms with Gasteiger partial charge in [-0.2, -0.15) is 18.3 Å². The number of aromatic nitrogens is 4. The van der Waals surface area contributed by atoms with Crippen LogP contribution in [0.2, 0.25) is 0 Å². The molecule has 1 aromatic carbocycles. The zero-order valence-electron chi connectivity index (χ0n) is 19.1. The topological polar surface area (TPSA) is 68.0 Å². The van der Waals surface area contributed by atoms with Gasteiger partial charge < -0.3 is 9.47 Å². The Morgan fingerprint density at radius 3 is 2.58 bits per heavy atom. The number of halogens is 3. The summed E-state index contributed by atoms with van der Waals surface area (Å²) < 4.78 is 43.0. The van der Waals surface area contributed by atoms with Crippen molar-refractivity contribution in [1.82, 2.24) is 24.2 Å². The maximum absolute atomic E-state index is 13.3. The fourth-order valence-corrected chi connectivity index (χ4v) is 4.05. The van der Waals surface area contributed by atoms with Crippen molar-refractivity contribution in [2.45, 2.75) is 58.3 Å². The fourth-order valence-electron chi connectivity index (χ4n) is 4.05. The summed E-state index contributed by atoms with van der Waals surface area (Å²) in [7, 11) is 0. The van der Waals surface area contributed by atoms with E-state index in [1.54, 1.807) is 6.92 Å². The minimum Gasteiger partial charge on any atom is -0.309 e. The first kappa shape index (κ1) is 23.3. The maximum atomic E-state index is 13.3. The van der Waals surface area contributed by atoms with Gasteiger partial charge >= 0.3 is 6.18 Å². The van der Waals surface area contributed by atoms with Crippen LogP contribution in [-0.2, 0) is 17.5 Å². The summed E-state index contributed by atoms with van der Waals surface area (Å²) in [5.74, 6) is -0.0491. The Labute approximate surface area is 190 Å². The molecule has 3 aromatic rings. The number of nitrogens with one attached hydrogen (secondary N) is 1. The lowest BCUT2D eigenvalue weighted by Gasteiger charge is -2.20. The van der Waals surface area contributed by atoms with Gasteiger partial charge in [0.1, 0.15) is 6.04 Å². The van der Waals surface area contributed by atoms with Crippen LogP contribution in [0.15, 0.2) is 30.3 Å². The number of rotatable bonds is 9. The SMILES string of the molecule is CCN(CC)CCn1c(NC(=O)C(C)n2nc(C(F)(F)F)cc2C2CC2)nc2ccccc21. The molecule has 0 bridgehead atoms. The van der Waals surface area contributed by atoms with E-state index in [2.05, 4.69) is 34.1 Å². The molecule has 2 heterocycles. The van der Waals surface area contributed by atoms with Crippen LogP contribution in [0.1, 0.15) is 57.0 Å². The summed E-state index contributed by atoms with van der Waals surface area (Å²) in [4.78, 5) is 20.0. The molecule has 1 fully saturated rings. The largest absolute Gasteiger partial charge is 0.435 e. The van der Waals surface area contributed by atoms with Crippen LogP contribution in [0.3, 0.4) is 0 Å². The lowest BCUT2D eigenvalue weighted by Crippen LogP contribution is -2.29. The van der Waals surface area contributed by atoms with E-state index in [4.69, 9.17) is 0 Å². The van der Waals surface area contributed by atoms with E-state index in [9.17, 15) is 18.0 Å². The average Bonchev–Trinajstić information content (AvgIpc) is 3.43.